The lowest BCUT2D eigenvalue weighted by Crippen LogP contribution is -2.42. The Balaban J connectivity index is 2.37. The molecule has 21 heavy (non-hydrogen) atoms. The first-order chi connectivity index (χ1) is 9.84. The lowest BCUT2D eigenvalue weighted by atomic mass is 10.0. The van der Waals surface area contributed by atoms with E-state index in [2.05, 4.69) is 21.2 Å². The van der Waals surface area contributed by atoms with Crippen molar-refractivity contribution < 1.29 is 19.4 Å². The van der Waals surface area contributed by atoms with E-state index in [9.17, 15) is 9.90 Å². The second-order valence-corrected chi connectivity index (χ2v) is 6.20. The number of carbonyl (C=O) groups excluding carboxylic acids is 1. The van der Waals surface area contributed by atoms with Crippen LogP contribution in [0.1, 0.15) is 13.3 Å². The Bertz CT molecular complexity index is 482. The van der Waals surface area contributed by atoms with Gasteiger partial charge in [0, 0.05) is 31.2 Å². The number of rotatable bonds is 8. The quantitative estimate of drug-likeness (QED) is 0.726. The molecule has 1 rings (SSSR count). The lowest BCUT2D eigenvalue weighted by Gasteiger charge is -2.23. The van der Waals surface area contributed by atoms with Gasteiger partial charge in [-0.05, 0) is 25.1 Å². The Kier molecular flexibility index (Phi) is 7.45. The summed E-state index contributed by atoms with van der Waals surface area (Å²) in [6.07, 6.45) is 0.434. The van der Waals surface area contributed by atoms with Crippen molar-refractivity contribution in [3.8, 4) is 5.75 Å². The Morgan fingerprint density at radius 1 is 1.52 bits per heavy atom. The third-order valence-electron chi connectivity index (χ3n) is 2.76. The van der Waals surface area contributed by atoms with Gasteiger partial charge in [-0.25, -0.2) is 0 Å². The van der Waals surface area contributed by atoms with Crippen molar-refractivity contribution in [1.82, 2.24) is 5.32 Å². The molecule has 118 valence electrons. The zero-order valence-electron chi connectivity index (χ0n) is 12.0. The molecule has 0 aliphatic rings. The van der Waals surface area contributed by atoms with Gasteiger partial charge in [0.15, 0.2) is 6.61 Å². The molecule has 1 unspecified atom stereocenters. The van der Waals surface area contributed by atoms with E-state index in [1.54, 1.807) is 32.2 Å². The van der Waals surface area contributed by atoms with Gasteiger partial charge in [-0.2, -0.15) is 0 Å². The van der Waals surface area contributed by atoms with Crippen LogP contribution in [0, 0.1) is 0 Å². The molecule has 0 fully saturated rings. The Labute approximate surface area is 137 Å². The normalized spacial score (nSPS) is 13.6. The van der Waals surface area contributed by atoms with Gasteiger partial charge in [0.1, 0.15) is 5.75 Å². The molecular weight excluding hydrogens is 362 g/mol. The van der Waals surface area contributed by atoms with Crippen LogP contribution in [-0.4, -0.2) is 43.5 Å². The summed E-state index contributed by atoms with van der Waals surface area (Å²) >= 11 is 9.27. The van der Waals surface area contributed by atoms with Crippen molar-refractivity contribution >= 4 is 33.4 Å². The Morgan fingerprint density at radius 2 is 2.24 bits per heavy atom. The van der Waals surface area contributed by atoms with Crippen LogP contribution in [0.5, 0.6) is 5.75 Å². The smallest absolute Gasteiger partial charge is 0.258 e. The number of hydrogen-bond acceptors (Lipinski definition) is 4. The first-order valence-electron chi connectivity index (χ1n) is 6.40. The number of carbonyl (C=O) groups is 1. The standard InChI is InChI=1S/C14H19BrClNO4/c1-14(19,5-6-20-2)9-17-13(18)8-21-12-4-3-10(15)7-11(12)16/h3-4,7,19H,5-6,8-9H2,1-2H3,(H,17,18). The van der Waals surface area contributed by atoms with Crippen molar-refractivity contribution in [1.29, 1.82) is 0 Å². The number of amides is 1. The van der Waals surface area contributed by atoms with Crippen molar-refractivity contribution in [3.05, 3.63) is 27.7 Å². The third-order valence-corrected chi connectivity index (χ3v) is 3.55. The fourth-order valence-electron chi connectivity index (χ4n) is 1.49. The molecule has 1 atom stereocenters. The molecule has 0 saturated carbocycles. The van der Waals surface area contributed by atoms with Crippen LogP contribution < -0.4 is 10.1 Å². The number of nitrogens with one attached hydrogen (secondary N) is 1. The van der Waals surface area contributed by atoms with Gasteiger partial charge in [-0.1, -0.05) is 27.5 Å². The predicted octanol–water partition coefficient (Wildman–Crippen LogP) is 2.38. The molecule has 1 amide bonds. The second kappa shape index (κ2) is 8.58. The minimum absolute atomic E-state index is 0.132. The molecule has 7 heteroatoms. The maximum absolute atomic E-state index is 11.7. The van der Waals surface area contributed by atoms with Gasteiger partial charge in [0.2, 0.25) is 0 Å². The van der Waals surface area contributed by atoms with E-state index in [0.29, 0.717) is 23.8 Å². The summed E-state index contributed by atoms with van der Waals surface area (Å²) in [4.78, 5) is 11.7. The van der Waals surface area contributed by atoms with Crippen LogP contribution in [0.25, 0.3) is 0 Å². The maximum Gasteiger partial charge on any atom is 0.258 e. The molecule has 0 bridgehead atoms. The van der Waals surface area contributed by atoms with Crippen LogP contribution >= 0.6 is 27.5 Å². The van der Waals surface area contributed by atoms with Gasteiger partial charge in [-0.15, -0.1) is 0 Å². The monoisotopic (exact) mass is 379 g/mol. The summed E-state index contributed by atoms with van der Waals surface area (Å²) < 4.78 is 11.1. The van der Waals surface area contributed by atoms with E-state index in [1.165, 1.54) is 0 Å². The van der Waals surface area contributed by atoms with Crippen LogP contribution in [-0.2, 0) is 9.53 Å². The second-order valence-electron chi connectivity index (χ2n) is 4.88. The highest BCUT2D eigenvalue weighted by molar-refractivity contribution is 9.10. The van der Waals surface area contributed by atoms with E-state index in [1.807, 2.05) is 0 Å². The SMILES string of the molecule is COCCC(C)(O)CNC(=O)COc1ccc(Br)cc1Cl. The minimum atomic E-state index is -1.01. The first kappa shape index (κ1) is 18.2. The number of ether oxygens (including phenoxy) is 2. The van der Waals surface area contributed by atoms with Crippen molar-refractivity contribution in [2.45, 2.75) is 18.9 Å². The molecule has 0 heterocycles. The van der Waals surface area contributed by atoms with E-state index in [4.69, 9.17) is 21.1 Å². The summed E-state index contributed by atoms with van der Waals surface area (Å²) in [6, 6.07) is 5.13. The van der Waals surface area contributed by atoms with Crippen LogP contribution in [0.4, 0.5) is 0 Å². The molecule has 0 spiro atoms. The molecule has 1 aromatic rings. The average molecular weight is 381 g/mol. The summed E-state index contributed by atoms with van der Waals surface area (Å²) in [5, 5.41) is 13.0. The largest absolute Gasteiger partial charge is 0.482 e. The molecule has 0 radical (unpaired) electrons. The number of hydrogen-bond donors (Lipinski definition) is 2. The molecule has 0 aliphatic heterocycles. The highest BCUT2D eigenvalue weighted by Gasteiger charge is 2.20. The van der Waals surface area contributed by atoms with Crippen molar-refractivity contribution in [2.24, 2.45) is 0 Å². The van der Waals surface area contributed by atoms with Gasteiger partial charge < -0.3 is 19.9 Å². The predicted molar refractivity (Wildman–Crippen MR) is 84.8 cm³/mol. The summed E-state index contributed by atoms with van der Waals surface area (Å²) in [7, 11) is 1.56. The topological polar surface area (TPSA) is 67.8 Å². The van der Waals surface area contributed by atoms with E-state index >= 15 is 0 Å². The first-order valence-corrected chi connectivity index (χ1v) is 7.57. The zero-order chi connectivity index (χ0) is 15.9. The van der Waals surface area contributed by atoms with Crippen LogP contribution in [0.3, 0.4) is 0 Å². The Hall–Kier alpha value is -0.820. The van der Waals surface area contributed by atoms with Gasteiger partial charge >= 0.3 is 0 Å². The van der Waals surface area contributed by atoms with Gasteiger partial charge in [0.25, 0.3) is 5.91 Å². The number of aliphatic hydroxyl groups is 1. The summed E-state index contributed by atoms with van der Waals surface area (Å²) in [5.41, 5.74) is -1.01. The maximum atomic E-state index is 11.7. The molecular formula is C14H19BrClNO4. The molecule has 0 aromatic heterocycles. The Morgan fingerprint density at radius 3 is 2.86 bits per heavy atom. The van der Waals surface area contributed by atoms with Crippen molar-refractivity contribution in [3.63, 3.8) is 0 Å². The molecule has 0 aliphatic carbocycles. The highest BCUT2D eigenvalue weighted by Crippen LogP contribution is 2.27. The van der Waals surface area contributed by atoms with Gasteiger partial charge in [0.05, 0.1) is 10.6 Å². The molecule has 2 N–H and O–H groups in total. The van der Waals surface area contributed by atoms with E-state index in [0.717, 1.165) is 4.47 Å². The molecule has 0 saturated heterocycles. The van der Waals surface area contributed by atoms with Crippen molar-refractivity contribution in [2.75, 3.05) is 26.9 Å². The van der Waals surface area contributed by atoms with E-state index < -0.39 is 5.60 Å². The summed E-state index contributed by atoms with van der Waals surface area (Å²) in [6.45, 7) is 2.03. The third kappa shape index (κ3) is 7.13. The van der Waals surface area contributed by atoms with Crippen LogP contribution in [0.2, 0.25) is 5.02 Å². The van der Waals surface area contributed by atoms with Gasteiger partial charge in [-0.3, -0.25) is 4.79 Å². The van der Waals surface area contributed by atoms with Crippen LogP contribution in [0.15, 0.2) is 22.7 Å². The lowest BCUT2D eigenvalue weighted by molar-refractivity contribution is -0.124. The minimum Gasteiger partial charge on any atom is -0.482 e. The van der Waals surface area contributed by atoms with E-state index in [-0.39, 0.29) is 19.1 Å². The number of methoxy groups -OCH3 is 1. The fourth-order valence-corrected chi connectivity index (χ4v) is 2.21. The molecule has 1 aromatic carbocycles. The number of halogens is 2. The zero-order valence-corrected chi connectivity index (χ0v) is 14.3. The highest BCUT2D eigenvalue weighted by atomic mass is 79.9. The summed E-state index contributed by atoms with van der Waals surface area (Å²) in [5.74, 6) is 0.104. The fraction of sp³-hybridized carbons (Fsp3) is 0.500. The number of benzene rings is 1. The average Bonchev–Trinajstić information content (AvgIpc) is 2.42. The molecule has 5 nitrogen and oxygen atoms in total.